The molecule has 0 aromatic heterocycles. The number of hydrogen-bond donors (Lipinski definition) is 1. The molecule has 0 saturated carbocycles. The van der Waals surface area contributed by atoms with Crippen molar-refractivity contribution < 1.29 is 14.7 Å². The summed E-state index contributed by atoms with van der Waals surface area (Å²) in [5.74, 6) is 5.02. The van der Waals surface area contributed by atoms with E-state index in [9.17, 15) is 9.59 Å². The first-order valence-electron chi connectivity index (χ1n) is 8.46. The fourth-order valence-corrected chi connectivity index (χ4v) is 2.80. The van der Waals surface area contributed by atoms with Gasteiger partial charge < -0.3 is 14.9 Å². The summed E-state index contributed by atoms with van der Waals surface area (Å²) >= 11 is 0. The van der Waals surface area contributed by atoms with Crippen LogP contribution >= 0.6 is 0 Å². The number of rotatable bonds is 2. The van der Waals surface area contributed by atoms with Gasteiger partial charge in [0, 0.05) is 42.9 Å². The molecule has 1 aliphatic heterocycles. The SMILES string of the molecule is CN1CCN(C(=O)c2cccc(C#Cc3cccc(C(=O)O)c3)c2)CC1. The summed E-state index contributed by atoms with van der Waals surface area (Å²) in [6.07, 6.45) is 0. The fourth-order valence-electron chi connectivity index (χ4n) is 2.80. The van der Waals surface area contributed by atoms with Gasteiger partial charge in [-0.2, -0.15) is 0 Å². The Morgan fingerprint density at radius 2 is 1.42 bits per heavy atom. The number of likely N-dealkylation sites (N-methyl/N-ethyl adjacent to an activating group) is 1. The van der Waals surface area contributed by atoms with Crippen molar-refractivity contribution in [2.24, 2.45) is 0 Å². The van der Waals surface area contributed by atoms with Crippen molar-refractivity contribution in [2.45, 2.75) is 0 Å². The maximum absolute atomic E-state index is 12.6. The van der Waals surface area contributed by atoms with Crippen LogP contribution in [0.4, 0.5) is 0 Å². The van der Waals surface area contributed by atoms with Gasteiger partial charge in [-0.05, 0) is 43.4 Å². The van der Waals surface area contributed by atoms with Crippen molar-refractivity contribution in [1.82, 2.24) is 9.80 Å². The number of amides is 1. The highest BCUT2D eigenvalue weighted by Gasteiger charge is 2.20. The molecule has 0 bridgehead atoms. The Kier molecular flexibility index (Phi) is 5.35. The number of carbonyl (C=O) groups excluding carboxylic acids is 1. The second-order valence-corrected chi connectivity index (χ2v) is 6.31. The third-order valence-corrected chi connectivity index (χ3v) is 4.36. The molecule has 5 nitrogen and oxygen atoms in total. The zero-order chi connectivity index (χ0) is 18.5. The molecule has 2 aromatic rings. The van der Waals surface area contributed by atoms with E-state index in [2.05, 4.69) is 23.8 Å². The van der Waals surface area contributed by atoms with Gasteiger partial charge in [0.05, 0.1) is 5.56 Å². The van der Waals surface area contributed by atoms with Crippen molar-refractivity contribution in [3.63, 3.8) is 0 Å². The van der Waals surface area contributed by atoms with Crippen LogP contribution in [0.2, 0.25) is 0 Å². The summed E-state index contributed by atoms with van der Waals surface area (Å²) in [6, 6.07) is 13.7. The molecule has 1 N–H and O–H groups in total. The van der Waals surface area contributed by atoms with Crippen molar-refractivity contribution >= 4 is 11.9 Å². The number of hydrogen-bond acceptors (Lipinski definition) is 3. The van der Waals surface area contributed by atoms with Crippen molar-refractivity contribution in [3.05, 3.63) is 70.8 Å². The number of aromatic carboxylic acids is 1. The smallest absolute Gasteiger partial charge is 0.335 e. The van der Waals surface area contributed by atoms with E-state index in [4.69, 9.17) is 5.11 Å². The third-order valence-electron chi connectivity index (χ3n) is 4.36. The highest BCUT2D eigenvalue weighted by Crippen LogP contribution is 2.11. The molecule has 132 valence electrons. The van der Waals surface area contributed by atoms with E-state index in [-0.39, 0.29) is 11.5 Å². The lowest BCUT2D eigenvalue weighted by atomic mass is 10.1. The standard InChI is InChI=1S/C21H20N2O3/c1-22-10-12-23(13-11-22)20(24)18-6-2-4-16(14-18)8-9-17-5-3-7-19(15-17)21(25)26/h2-7,14-15H,10-13H2,1H3,(H,25,26). The number of carbonyl (C=O) groups is 2. The molecule has 3 rings (SSSR count). The van der Waals surface area contributed by atoms with E-state index in [0.717, 1.165) is 31.7 Å². The topological polar surface area (TPSA) is 60.9 Å². The number of benzene rings is 2. The summed E-state index contributed by atoms with van der Waals surface area (Å²) in [5, 5.41) is 9.04. The summed E-state index contributed by atoms with van der Waals surface area (Å²) in [4.78, 5) is 27.7. The molecule has 0 unspecified atom stereocenters. The summed E-state index contributed by atoms with van der Waals surface area (Å²) < 4.78 is 0. The predicted molar refractivity (Wildman–Crippen MR) is 99.2 cm³/mol. The first-order valence-corrected chi connectivity index (χ1v) is 8.46. The molecule has 1 saturated heterocycles. The van der Waals surface area contributed by atoms with E-state index in [1.165, 1.54) is 12.1 Å². The van der Waals surface area contributed by atoms with Gasteiger partial charge in [0.15, 0.2) is 0 Å². The molecular weight excluding hydrogens is 328 g/mol. The molecule has 0 atom stereocenters. The normalized spacial score (nSPS) is 14.4. The minimum absolute atomic E-state index is 0.0228. The van der Waals surface area contributed by atoms with Gasteiger partial charge in [0.2, 0.25) is 0 Å². The highest BCUT2D eigenvalue weighted by molar-refractivity contribution is 5.94. The van der Waals surface area contributed by atoms with Crippen LogP contribution in [0.1, 0.15) is 31.8 Å². The lowest BCUT2D eigenvalue weighted by molar-refractivity contribution is 0.0662. The molecule has 0 aliphatic carbocycles. The summed E-state index contributed by atoms with van der Waals surface area (Å²) in [5.41, 5.74) is 2.18. The number of carboxylic acids is 1. The molecule has 5 heteroatoms. The molecule has 0 spiro atoms. The van der Waals surface area contributed by atoms with Crippen LogP contribution in [0.25, 0.3) is 0 Å². The van der Waals surface area contributed by atoms with Crippen molar-refractivity contribution in [3.8, 4) is 11.8 Å². The predicted octanol–water partition coefficient (Wildman–Crippen LogP) is 2.17. The van der Waals surface area contributed by atoms with E-state index >= 15 is 0 Å². The first kappa shape index (κ1) is 17.7. The number of carboxylic acid groups (broad SMARTS) is 1. The van der Waals surface area contributed by atoms with Crippen LogP contribution in [0.3, 0.4) is 0 Å². The average molecular weight is 348 g/mol. The Bertz CT molecular complexity index is 887. The third kappa shape index (κ3) is 4.29. The van der Waals surface area contributed by atoms with Gasteiger partial charge in [0.1, 0.15) is 0 Å². The number of piperazine rings is 1. The van der Waals surface area contributed by atoms with Gasteiger partial charge in [-0.15, -0.1) is 0 Å². The zero-order valence-corrected chi connectivity index (χ0v) is 14.6. The monoisotopic (exact) mass is 348 g/mol. The molecule has 1 amide bonds. The maximum Gasteiger partial charge on any atom is 0.335 e. The molecule has 0 radical (unpaired) electrons. The molecule has 1 aliphatic rings. The summed E-state index contributed by atoms with van der Waals surface area (Å²) in [6.45, 7) is 3.22. The second-order valence-electron chi connectivity index (χ2n) is 6.31. The lowest BCUT2D eigenvalue weighted by Crippen LogP contribution is -2.47. The Morgan fingerprint density at radius 3 is 2.00 bits per heavy atom. The Labute approximate surface area is 152 Å². The van der Waals surface area contributed by atoms with Crippen molar-refractivity contribution in [2.75, 3.05) is 33.2 Å². The highest BCUT2D eigenvalue weighted by atomic mass is 16.4. The van der Waals surface area contributed by atoms with Gasteiger partial charge in [-0.3, -0.25) is 4.79 Å². The average Bonchev–Trinajstić information content (AvgIpc) is 2.67. The van der Waals surface area contributed by atoms with E-state index in [1.54, 1.807) is 24.3 Å². The van der Waals surface area contributed by atoms with Crippen LogP contribution in [0.5, 0.6) is 0 Å². The van der Waals surface area contributed by atoms with Crippen LogP contribution in [-0.2, 0) is 0 Å². The quantitative estimate of drug-likeness (QED) is 0.845. The lowest BCUT2D eigenvalue weighted by Gasteiger charge is -2.32. The van der Waals surface area contributed by atoms with E-state index in [1.807, 2.05) is 17.0 Å². The van der Waals surface area contributed by atoms with Crippen LogP contribution < -0.4 is 0 Å². The number of nitrogens with zero attached hydrogens (tertiary/aromatic N) is 2. The minimum atomic E-state index is -0.978. The Morgan fingerprint density at radius 1 is 0.885 bits per heavy atom. The van der Waals surface area contributed by atoms with Crippen molar-refractivity contribution in [1.29, 1.82) is 0 Å². The molecule has 2 aromatic carbocycles. The zero-order valence-electron chi connectivity index (χ0n) is 14.6. The van der Waals surface area contributed by atoms with E-state index in [0.29, 0.717) is 11.1 Å². The Balaban J connectivity index is 1.77. The van der Waals surface area contributed by atoms with Gasteiger partial charge >= 0.3 is 5.97 Å². The molecule has 26 heavy (non-hydrogen) atoms. The minimum Gasteiger partial charge on any atom is -0.478 e. The van der Waals surface area contributed by atoms with Crippen LogP contribution in [0, 0.1) is 11.8 Å². The maximum atomic E-state index is 12.6. The molecule has 1 fully saturated rings. The largest absolute Gasteiger partial charge is 0.478 e. The summed E-state index contributed by atoms with van der Waals surface area (Å²) in [7, 11) is 2.05. The molecular formula is C21H20N2O3. The van der Waals surface area contributed by atoms with Crippen LogP contribution in [0.15, 0.2) is 48.5 Å². The first-order chi connectivity index (χ1) is 12.5. The van der Waals surface area contributed by atoms with Gasteiger partial charge in [0.25, 0.3) is 5.91 Å². The van der Waals surface area contributed by atoms with Gasteiger partial charge in [-0.1, -0.05) is 24.0 Å². The second kappa shape index (κ2) is 7.85. The van der Waals surface area contributed by atoms with Crippen LogP contribution in [-0.4, -0.2) is 60.0 Å². The Hall–Kier alpha value is -3.10. The van der Waals surface area contributed by atoms with Gasteiger partial charge in [-0.25, -0.2) is 4.79 Å². The fraction of sp³-hybridized carbons (Fsp3) is 0.238. The van der Waals surface area contributed by atoms with E-state index < -0.39 is 5.97 Å². The molecule has 1 heterocycles.